The number of carbonyl (C=O) groups is 3. The normalized spacial score (nSPS) is 33.3. The number of hydrogen-bond donors (Lipinski definition) is 2. The Morgan fingerprint density at radius 1 is 1.43 bits per heavy atom. The predicted octanol–water partition coefficient (Wildman–Crippen LogP) is 1.64. The maximum atomic E-state index is 12.6. The van der Waals surface area contributed by atoms with Crippen LogP contribution in [0.5, 0.6) is 0 Å². The number of aliphatic carboxylic acids is 1. The Hall–Kier alpha value is -1.73. The Morgan fingerprint density at radius 2 is 2.17 bits per heavy atom. The number of nitrogens with zero attached hydrogens (tertiary/aromatic N) is 1. The number of unbranched alkanes of at least 4 members (excludes halogenated alkanes) is 1. The van der Waals surface area contributed by atoms with Crippen molar-refractivity contribution < 1.29 is 19.5 Å². The average molecular weight is 336 g/mol. The van der Waals surface area contributed by atoms with Crippen molar-refractivity contribution >= 4 is 29.1 Å². The standard InChI is InChI=1S/C16H20N2O4S/c1-3-4-7-16(15(21)22)11-10(13(19)18(2)14(11)20)12(17-16)9-6-5-8-23-9/h5-6,8,10-12,17H,3-4,7H2,1-2H3,(H,21,22). The molecule has 0 radical (unpaired) electrons. The fourth-order valence-electron chi connectivity index (χ4n) is 3.85. The SMILES string of the molecule is CCCCC1(C(=O)O)NC(c2cccs2)C2C(=O)N(C)C(=O)C21. The average Bonchev–Trinajstić information content (AvgIpc) is 3.20. The zero-order chi connectivity index (χ0) is 16.8. The predicted molar refractivity (Wildman–Crippen MR) is 84.8 cm³/mol. The minimum absolute atomic E-state index is 0.287. The summed E-state index contributed by atoms with van der Waals surface area (Å²) >= 11 is 1.47. The molecule has 0 saturated carbocycles. The van der Waals surface area contributed by atoms with Gasteiger partial charge in [0, 0.05) is 11.9 Å². The van der Waals surface area contributed by atoms with E-state index in [1.54, 1.807) is 0 Å². The lowest BCUT2D eigenvalue weighted by Crippen LogP contribution is -2.55. The van der Waals surface area contributed by atoms with E-state index in [2.05, 4.69) is 5.32 Å². The molecule has 0 aliphatic carbocycles. The molecule has 3 rings (SSSR count). The molecule has 0 aromatic carbocycles. The first-order chi connectivity index (χ1) is 10.9. The van der Waals surface area contributed by atoms with E-state index in [1.165, 1.54) is 18.4 Å². The highest BCUT2D eigenvalue weighted by Gasteiger charge is 2.67. The Labute approximate surface area is 138 Å². The summed E-state index contributed by atoms with van der Waals surface area (Å²) in [4.78, 5) is 39.3. The molecule has 6 nitrogen and oxygen atoms in total. The maximum absolute atomic E-state index is 12.6. The van der Waals surface area contributed by atoms with Gasteiger partial charge in [0.25, 0.3) is 0 Å². The van der Waals surface area contributed by atoms with E-state index in [0.29, 0.717) is 12.8 Å². The van der Waals surface area contributed by atoms with Crippen molar-refractivity contribution in [2.75, 3.05) is 7.05 Å². The van der Waals surface area contributed by atoms with Crippen molar-refractivity contribution in [2.24, 2.45) is 11.8 Å². The van der Waals surface area contributed by atoms with Crippen LogP contribution in [-0.4, -0.2) is 40.4 Å². The van der Waals surface area contributed by atoms with Crippen LogP contribution in [0.3, 0.4) is 0 Å². The molecular formula is C16H20N2O4S. The molecule has 7 heteroatoms. The van der Waals surface area contributed by atoms with Gasteiger partial charge in [-0.05, 0) is 17.9 Å². The second-order valence-corrected chi connectivity index (χ2v) is 7.24. The zero-order valence-electron chi connectivity index (χ0n) is 13.1. The van der Waals surface area contributed by atoms with Gasteiger partial charge in [0.15, 0.2) is 0 Å². The van der Waals surface area contributed by atoms with Crippen LogP contribution in [0.4, 0.5) is 0 Å². The Bertz CT molecular complexity index is 645. The number of rotatable bonds is 5. The number of carboxylic acids is 1. The first-order valence-corrected chi connectivity index (χ1v) is 8.68. The van der Waals surface area contributed by atoms with Gasteiger partial charge in [0.05, 0.1) is 17.9 Å². The third kappa shape index (κ3) is 2.21. The van der Waals surface area contributed by atoms with E-state index >= 15 is 0 Å². The van der Waals surface area contributed by atoms with Crippen LogP contribution >= 0.6 is 11.3 Å². The molecule has 4 unspecified atom stereocenters. The van der Waals surface area contributed by atoms with E-state index in [9.17, 15) is 19.5 Å². The zero-order valence-corrected chi connectivity index (χ0v) is 13.9. The number of imide groups is 1. The van der Waals surface area contributed by atoms with Gasteiger partial charge in [-0.1, -0.05) is 25.8 Å². The van der Waals surface area contributed by atoms with Gasteiger partial charge in [0.1, 0.15) is 5.54 Å². The van der Waals surface area contributed by atoms with Crippen LogP contribution < -0.4 is 5.32 Å². The van der Waals surface area contributed by atoms with Crippen molar-refractivity contribution in [1.29, 1.82) is 0 Å². The summed E-state index contributed by atoms with van der Waals surface area (Å²) in [6, 6.07) is 3.33. The van der Waals surface area contributed by atoms with E-state index < -0.39 is 29.4 Å². The summed E-state index contributed by atoms with van der Waals surface area (Å²) in [6.45, 7) is 1.98. The lowest BCUT2D eigenvalue weighted by Gasteiger charge is -2.30. The molecule has 2 aliphatic heterocycles. The smallest absolute Gasteiger partial charge is 0.324 e. The van der Waals surface area contributed by atoms with Crippen LogP contribution in [0.2, 0.25) is 0 Å². The quantitative estimate of drug-likeness (QED) is 0.798. The van der Waals surface area contributed by atoms with Gasteiger partial charge in [0.2, 0.25) is 11.8 Å². The summed E-state index contributed by atoms with van der Waals surface area (Å²) in [7, 11) is 1.45. The van der Waals surface area contributed by atoms with E-state index in [0.717, 1.165) is 16.2 Å². The van der Waals surface area contributed by atoms with Crippen molar-refractivity contribution in [2.45, 2.75) is 37.8 Å². The number of nitrogens with one attached hydrogen (secondary N) is 1. The first-order valence-electron chi connectivity index (χ1n) is 7.80. The molecule has 23 heavy (non-hydrogen) atoms. The van der Waals surface area contributed by atoms with E-state index in [1.807, 2.05) is 24.4 Å². The molecule has 3 heterocycles. The third-order valence-corrected chi connectivity index (χ3v) is 5.99. The molecule has 4 atom stereocenters. The third-order valence-electron chi connectivity index (χ3n) is 5.03. The number of thiophene rings is 1. The summed E-state index contributed by atoms with van der Waals surface area (Å²) in [6.07, 6.45) is 1.86. The number of fused-ring (bicyclic) bond motifs is 1. The van der Waals surface area contributed by atoms with Gasteiger partial charge in [-0.2, -0.15) is 0 Å². The highest BCUT2D eigenvalue weighted by molar-refractivity contribution is 7.10. The van der Waals surface area contributed by atoms with Crippen LogP contribution in [0.1, 0.15) is 37.1 Å². The van der Waals surface area contributed by atoms with Crippen molar-refractivity contribution in [3.8, 4) is 0 Å². The molecule has 0 bridgehead atoms. The van der Waals surface area contributed by atoms with Crippen LogP contribution in [0, 0.1) is 11.8 Å². The van der Waals surface area contributed by atoms with Gasteiger partial charge in [-0.15, -0.1) is 11.3 Å². The summed E-state index contributed by atoms with van der Waals surface area (Å²) in [5.41, 5.74) is -1.37. The Morgan fingerprint density at radius 3 is 2.74 bits per heavy atom. The molecule has 2 amide bonds. The number of carbonyl (C=O) groups excluding carboxylic acids is 2. The molecule has 1 aromatic heterocycles. The fraction of sp³-hybridized carbons (Fsp3) is 0.562. The Kier molecular flexibility index (Phi) is 4.01. The topological polar surface area (TPSA) is 86.7 Å². The highest BCUT2D eigenvalue weighted by Crippen LogP contribution is 2.50. The van der Waals surface area contributed by atoms with Gasteiger partial charge >= 0.3 is 5.97 Å². The van der Waals surface area contributed by atoms with E-state index in [4.69, 9.17) is 0 Å². The second-order valence-electron chi connectivity index (χ2n) is 6.26. The summed E-state index contributed by atoms with van der Waals surface area (Å²) in [5.74, 6) is -3.19. The van der Waals surface area contributed by atoms with E-state index in [-0.39, 0.29) is 11.8 Å². The molecular weight excluding hydrogens is 316 g/mol. The number of likely N-dealkylation sites (tertiary alicyclic amines) is 1. The second kappa shape index (κ2) is 5.72. The van der Waals surface area contributed by atoms with Crippen LogP contribution in [0.15, 0.2) is 17.5 Å². The van der Waals surface area contributed by atoms with Crippen molar-refractivity contribution in [3.05, 3.63) is 22.4 Å². The molecule has 2 aliphatic rings. The Balaban J connectivity index is 2.09. The molecule has 0 spiro atoms. The minimum atomic E-state index is -1.37. The summed E-state index contributed by atoms with van der Waals surface area (Å²) < 4.78 is 0. The van der Waals surface area contributed by atoms with Crippen molar-refractivity contribution in [1.82, 2.24) is 10.2 Å². The molecule has 124 valence electrons. The number of carboxylic acid groups (broad SMARTS) is 1. The minimum Gasteiger partial charge on any atom is -0.480 e. The molecule has 2 saturated heterocycles. The highest BCUT2D eigenvalue weighted by atomic mass is 32.1. The lowest BCUT2D eigenvalue weighted by atomic mass is 9.77. The summed E-state index contributed by atoms with van der Waals surface area (Å²) in [5, 5.41) is 15.0. The van der Waals surface area contributed by atoms with Crippen LogP contribution in [0.25, 0.3) is 0 Å². The van der Waals surface area contributed by atoms with Gasteiger partial charge in [-0.3, -0.25) is 24.6 Å². The lowest BCUT2D eigenvalue weighted by molar-refractivity contribution is -0.151. The monoisotopic (exact) mass is 336 g/mol. The molecule has 2 fully saturated rings. The van der Waals surface area contributed by atoms with Crippen LogP contribution in [-0.2, 0) is 14.4 Å². The maximum Gasteiger partial charge on any atom is 0.324 e. The molecule has 1 aromatic rings. The number of hydrogen-bond acceptors (Lipinski definition) is 5. The van der Waals surface area contributed by atoms with Gasteiger partial charge < -0.3 is 5.11 Å². The first kappa shape index (κ1) is 16.1. The van der Waals surface area contributed by atoms with Gasteiger partial charge in [-0.25, -0.2) is 0 Å². The largest absolute Gasteiger partial charge is 0.480 e. The fourth-order valence-corrected chi connectivity index (χ4v) is 4.67. The van der Waals surface area contributed by atoms with Crippen molar-refractivity contribution in [3.63, 3.8) is 0 Å². The molecule has 2 N–H and O–H groups in total. The number of amides is 2.